The molecule has 0 fully saturated rings. The van der Waals surface area contributed by atoms with Crippen molar-refractivity contribution in [3.63, 3.8) is 0 Å². The molecule has 0 aromatic heterocycles. The zero-order valence-corrected chi connectivity index (χ0v) is 12.4. The Hall–Kier alpha value is -1.55. The molecular weight excluding hydrogens is 240 g/mol. The number of ether oxygens (including phenoxy) is 1. The van der Waals surface area contributed by atoms with Gasteiger partial charge < -0.3 is 15.4 Å². The summed E-state index contributed by atoms with van der Waals surface area (Å²) in [6.07, 6.45) is 0. The molecule has 0 saturated heterocycles. The van der Waals surface area contributed by atoms with E-state index in [-0.39, 0.29) is 11.8 Å². The Bertz CT molecular complexity index is 442. The molecule has 19 heavy (non-hydrogen) atoms. The summed E-state index contributed by atoms with van der Waals surface area (Å²) in [5.74, 6) is 0.926. The number of methoxy groups -OCH3 is 1. The first-order chi connectivity index (χ1) is 8.92. The van der Waals surface area contributed by atoms with Crippen molar-refractivity contribution in [1.82, 2.24) is 4.90 Å². The van der Waals surface area contributed by atoms with Crippen molar-refractivity contribution in [2.45, 2.75) is 25.7 Å². The minimum absolute atomic E-state index is 0.0300. The number of nitrogens with zero attached hydrogens (tertiary/aromatic N) is 1. The van der Waals surface area contributed by atoms with Gasteiger partial charge in [-0.1, -0.05) is 26.0 Å². The van der Waals surface area contributed by atoms with E-state index in [1.54, 1.807) is 26.1 Å². The van der Waals surface area contributed by atoms with E-state index >= 15 is 0 Å². The second-order valence-corrected chi connectivity index (χ2v) is 5.18. The van der Waals surface area contributed by atoms with E-state index in [0.717, 1.165) is 16.9 Å². The monoisotopic (exact) mass is 264 g/mol. The van der Waals surface area contributed by atoms with Crippen LogP contribution >= 0.6 is 0 Å². The topological polar surface area (TPSA) is 55.6 Å². The maximum absolute atomic E-state index is 12.1. The van der Waals surface area contributed by atoms with Gasteiger partial charge in [-0.25, -0.2) is 0 Å². The Labute approximate surface area is 115 Å². The first-order valence-corrected chi connectivity index (χ1v) is 6.51. The van der Waals surface area contributed by atoms with Gasteiger partial charge >= 0.3 is 0 Å². The third-order valence-corrected chi connectivity index (χ3v) is 3.25. The first-order valence-electron chi connectivity index (χ1n) is 6.51. The van der Waals surface area contributed by atoms with Gasteiger partial charge in [0.1, 0.15) is 5.75 Å². The summed E-state index contributed by atoms with van der Waals surface area (Å²) in [5, 5.41) is 0. The van der Waals surface area contributed by atoms with Crippen molar-refractivity contribution in [1.29, 1.82) is 0 Å². The zero-order chi connectivity index (χ0) is 14.6. The molecule has 106 valence electrons. The van der Waals surface area contributed by atoms with E-state index in [2.05, 4.69) is 13.8 Å². The van der Waals surface area contributed by atoms with Gasteiger partial charge in [-0.2, -0.15) is 0 Å². The molecule has 1 amide bonds. The van der Waals surface area contributed by atoms with Gasteiger partial charge in [0, 0.05) is 20.6 Å². The van der Waals surface area contributed by atoms with Gasteiger partial charge in [0.2, 0.25) is 5.91 Å². The molecule has 0 bridgehead atoms. The van der Waals surface area contributed by atoms with Crippen molar-refractivity contribution in [2.75, 3.05) is 27.7 Å². The minimum atomic E-state index is -0.293. The molecule has 0 spiro atoms. The Morgan fingerprint density at radius 2 is 2.00 bits per heavy atom. The third-order valence-electron chi connectivity index (χ3n) is 3.25. The van der Waals surface area contributed by atoms with Crippen LogP contribution in [0.2, 0.25) is 0 Å². The maximum atomic E-state index is 12.1. The molecule has 1 aromatic rings. The highest BCUT2D eigenvalue weighted by atomic mass is 16.5. The van der Waals surface area contributed by atoms with Gasteiger partial charge in [-0.05, 0) is 23.1 Å². The van der Waals surface area contributed by atoms with Crippen molar-refractivity contribution in [3.8, 4) is 5.75 Å². The van der Waals surface area contributed by atoms with Crippen LogP contribution < -0.4 is 10.5 Å². The molecule has 0 aliphatic rings. The van der Waals surface area contributed by atoms with Crippen LogP contribution in [0.25, 0.3) is 0 Å². The molecule has 1 rings (SSSR count). The van der Waals surface area contributed by atoms with Crippen molar-refractivity contribution >= 4 is 5.91 Å². The molecule has 1 unspecified atom stereocenters. The fourth-order valence-electron chi connectivity index (χ4n) is 2.11. The number of hydrogen-bond donors (Lipinski definition) is 1. The van der Waals surface area contributed by atoms with Crippen LogP contribution in [0.3, 0.4) is 0 Å². The smallest absolute Gasteiger partial charge is 0.230 e. The average Bonchev–Trinajstić information content (AvgIpc) is 2.39. The summed E-state index contributed by atoms with van der Waals surface area (Å²) in [4.78, 5) is 13.7. The summed E-state index contributed by atoms with van der Waals surface area (Å²) in [6.45, 7) is 4.51. The van der Waals surface area contributed by atoms with Gasteiger partial charge in [0.25, 0.3) is 0 Å². The van der Waals surface area contributed by atoms with Gasteiger partial charge in [-0.3, -0.25) is 4.79 Å². The lowest BCUT2D eigenvalue weighted by atomic mass is 9.92. The molecule has 0 heterocycles. The van der Waals surface area contributed by atoms with Gasteiger partial charge in [-0.15, -0.1) is 0 Å². The molecule has 0 aliphatic carbocycles. The van der Waals surface area contributed by atoms with Crippen LogP contribution in [0.15, 0.2) is 18.2 Å². The van der Waals surface area contributed by atoms with Crippen molar-refractivity contribution in [3.05, 3.63) is 29.3 Å². The summed E-state index contributed by atoms with van der Waals surface area (Å²) in [7, 11) is 5.15. The summed E-state index contributed by atoms with van der Waals surface area (Å²) in [6, 6.07) is 5.86. The van der Waals surface area contributed by atoms with Crippen LogP contribution in [0.5, 0.6) is 5.75 Å². The number of hydrogen-bond acceptors (Lipinski definition) is 3. The number of amides is 1. The van der Waals surface area contributed by atoms with Gasteiger partial charge in [0.05, 0.1) is 13.0 Å². The standard InChI is InChI=1S/C15H24N2O2/c1-10(2)12-8-11(6-7-14(12)19-5)13(9-16)15(18)17(3)4/h6-8,10,13H,9,16H2,1-5H3. The second-order valence-electron chi connectivity index (χ2n) is 5.18. The van der Waals surface area contributed by atoms with Crippen LogP contribution in [0, 0.1) is 0 Å². The fraction of sp³-hybridized carbons (Fsp3) is 0.533. The highest BCUT2D eigenvalue weighted by molar-refractivity contribution is 5.83. The highest BCUT2D eigenvalue weighted by Crippen LogP contribution is 2.30. The number of nitrogens with two attached hydrogens (primary N) is 1. The van der Waals surface area contributed by atoms with E-state index in [0.29, 0.717) is 12.5 Å². The molecule has 1 atom stereocenters. The van der Waals surface area contributed by atoms with Crippen LogP contribution in [0.1, 0.15) is 36.8 Å². The molecule has 4 nitrogen and oxygen atoms in total. The number of benzene rings is 1. The fourth-order valence-corrected chi connectivity index (χ4v) is 2.11. The molecule has 0 aliphatic heterocycles. The van der Waals surface area contributed by atoms with Gasteiger partial charge in [0.15, 0.2) is 0 Å². The Morgan fingerprint density at radius 1 is 1.37 bits per heavy atom. The van der Waals surface area contributed by atoms with Crippen LogP contribution in [-0.2, 0) is 4.79 Å². The SMILES string of the molecule is COc1ccc(C(CN)C(=O)N(C)C)cc1C(C)C. The molecule has 0 saturated carbocycles. The van der Waals surface area contributed by atoms with Crippen molar-refractivity contribution in [2.24, 2.45) is 5.73 Å². The lowest BCUT2D eigenvalue weighted by molar-refractivity contribution is -0.130. The lowest BCUT2D eigenvalue weighted by Gasteiger charge is -2.21. The maximum Gasteiger partial charge on any atom is 0.230 e. The Balaban J connectivity index is 3.19. The highest BCUT2D eigenvalue weighted by Gasteiger charge is 2.22. The third kappa shape index (κ3) is 3.47. The molecule has 1 aromatic carbocycles. The average molecular weight is 264 g/mol. The summed E-state index contributed by atoms with van der Waals surface area (Å²) in [5.41, 5.74) is 7.81. The normalized spacial score (nSPS) is 12.4. The molecule has 2 N–H and O–H groups in total. The predicted molar refractivity (Wildman–Crippen MR) is 77.6 cm³/mol. The largest absolute Gasteiger partial charge is 0.496 e. The Morgan fingerprint density at radius 3 is 2.42 bits per heavy atom. The summed E-state index contributed by atoms with van der Waals surface area (Å²) < 4.78 is 5.36. The number of carbonyl (C=O) groups excluding carboxylic acids is 1. The van der Waals surface area contributed by atoms with E-state index < -0.39 is 0 Å². The number of likely N-dealkylation sites (N-methyl/N-ethyl adjacent to an activating group) is 1. The van der Waals surface area contributed by atoms with E-state index in [9.17, 15) is 4.79 Å². The van der Waals surface area contributed by atoms with E-state index in [4.69, 9.17) is 10.5 Å². The predicted octanol–water partition coefficient (Wildman–Crippen LogP) is 1.95. The Kier molecular flexibility index (Phi) is 5.36. The summed E-state index contributed by atoms with van der Waals surface area (Å²) >= 11 is 0. The quantitative estimate of drug-likeness (QED) is 0.884. The lowest BCUT2D eigenvalue weighted by Crippen LogP contribution is -2.32. The van der Waals surface area contributed by atoms with Crippen molar-refractivity contribution < 1.29 is 9.53 Å². The molecule has 4 heteroatoms. The van der Waals surface area contributed by atoms with E-state index in [1.807, 2.05) is 18.2 Å². The first kappa shape index (κ1) is 15.5. The second kappa shape index (κ2) is 6.57. The van der Waals surface area contributed by atoms with Crippen LogP contribution in [0.4, 0.5) is 0 Å². The number of rotatable bonds is 5. The molecular formula is C15H24N2O2. The molecule has 0 radical (unpaired) electrons. The van der Waals surface area contributed by atoms with E-state index in [1.165, 1.54) is 0 Å². The minimum Gasteiger partial charge on any atom is -0.496 e. The number of carbonyl (C=O) groups is 1. The zero-order valence-electron chi connectivity index (χ0n) is 12.4. The van der Waals surface area contributed by atoms with Crippen LogP contribution in [-0.4, -0.2) is 38.6 Å².